The lowest BCUT2D eigenvalue weighted by atomic mass is 9.98. The number of nitrogens with zero attached hydrogens (tertiary/aromatic N) is 2. The van der Waals surface area contributed by atoms with E-state index in [9.17, 15) is 18.5 Å². The van der Waals surface area contributed by atoms with Gasteiger partial charge in [-0.25, -0.2) is 8.42 Å². The Morgan fingerprint density at radius 2 is 1.82 bits per heavy atom. The Bertz CT molecular complexity index is 1050. The summed E-state index contributed by atoms with van der Waals surface area (Å²) in [5, 5.41) is 12.0. The van der Waals surface area contributed by atoms with Gasteiger partial charge < -0.3 is 5.32 Å². The van der Waals surface area contributed by atoms with Gasteiger partial charge in [0.25, 0.3) is 0 Å². The first-order valence-electron chi connectivity index (χ1n) is 9.03. The molecule has 0 heterocycles. The van der Waals surface area contributed by atoms with Gasteiger partial charge in [0.1, 0.15) is 0 Å². The minimum absolute atomic E-state index is 0.207. The highest BCUT2D eigenvalue weighted by Gasteiger charge is 2.44. The van der Waals surface area contributed by atoms with Crippen molar-refractivity contribution in [2.45, 2.75) is 37.0 Å². The highest BCUT2D eigenvalue weighted by molar-refractivity contribution is 7.89. The molecule has 1 aliphatic rings. The maximum atomic E-state index is 12.8. The number of hydrogen-bond acceptors (Lipinski definition) is 4. The van der Waals surface area contributed by atoms with Crippen LogP contribution in [0.25, 0.3) is 0 Å². The van der Waals surface area contributed by atoms with Crippen LogP contribution in [0.3, 0.4) is 0 Å². The second-order valence-electron chi connectivity index (χ2n) is 7.35. The number of anilines is 1. The molecule has 1 saturated carbocycles. The average Bonchev–Trinajstić information content (AvgIpc) is 3.45. The number of sulfonamides is 1. The molecule has 0 saturated heterocycles. The molecule has 3 rings (SSSR count). The molecule has 2 aromatic carbocycles. The number of carbonyl (C=O) groups excluding carboxylic acids is 1. The normalized spacial score (nSPS) is 15.1. The van der Waals surface area contributed by atoms with Gasteiger partial charge in [0, 0.05) is 12.7 Å². The van der Waals surface area contributed by atoms with Crippen molar-refractivity contribution in [3.63, 3.8) is 0 Å². The van der Waals surface area contributed by atoms with Crippen molar-refractivity contribution in [3.05, 3.63) is 59.2 Å². The van der Waals surface area contributed by atoms with E-state index in [1.165, 1.54) is 7.05 Å². The Morgan fingerprint density at radius 1 is 1.18 bits per heavy atom. The number of carbonyl (C=O) groups is 1. The second kappa shape index (κ2) is 7.38. The maximum Gasteiger partial charge on any atom is 0.243 e. The second-order valence-corrected chi connectivity index (χ2v) is 9.36. The van der Waals surface area contributed by atoms with Crippen LogP contribution in [0.2, 0.25) is 0 Å². The SMILES string of the molecule is Cc1ccc(C)c(S(=O)(=O)N(C)CC(=O)Nc2ccc(C3(C#N)CC3)cc2)c1. The molecule has 1 fully saturated rings. The zero-order valence-corrected chi connectivity index (χ0v) is 17.0. The standard InChI is InChI=1S/C21H23N3O3S/c1-15-4-5-16(2)19(12-15)28(26,27)24(3)13-20(25)23-18-8-6-17(7-9-18)21(14-22)10-11-21/h4-9,12H,10-11,13H2,1-3H3,(H,23,25). The summed E-state index contributed by atoms with van der Waals surface area (Å²) in [7, 11) is -2.37. The van der Waals surface area contributed by atoms with E-state index in [2.05, 4.69) is 11.4 Å². The van der Waals surface area contributed by atoms with Crippen LogP contribution in [0.4, 0.5) is 5.69 Å². The number of likely N-dealkylation sites (N-methyl/N-ethyl adjacent to an activating group) is 1. The van der Waals surface area contributed by atoms with Gasteiger partial charge in [-0.05, 0) is 61.6 Å². The van der Waals surface area contributed by atoms with E-state index in [1.54, 1.807) is 31.2 Å². The summed E-state index contributed by atoms with van der Waals surface area (Å²) in [6.07, 6.45) is 1.71. The third-order valence-electron chi connectivity index (χ3n) is 5.08. The lowest BCUT2D eigenvalue weighted by molar-refractivity contribution is -0.116. The molecule has 0 aromatic heterocycles. The van der Waals surface area contributed by atoms with Crippen LogP contribution in [0.15, 0.2) is 47.4 Å². The zero-order valence-electron chi connectivity index (χ0n) is 16.2. The third-order valence-corrected chi connectivity index (χ3v) is 7.03. The molecule has 1 aliphatic carbocycles. The summed E-state index contributed by atoms with van der Waals surface area (Å²) < 4.78 is 26.7. The molecule has 0 radical (unpaired) electrons. The smallest absolute Gasteiger partial charge is 0.243 e. The molecule has 2 aromatic rings. The number of benzene rings is 2. The van der Waals surface area contributed by atoms with E-state index in [0.717, 1.165) is 28.3 Å². The van der Waals surface area contributed by atoms with Crippen LogP contribution in [-0.2, 0) is 20.2 Å². The maximum absolute atomic E-state index is 12.8. The van der Waals surface area contributed by atoms with Crippen LogP contribution in [-0.4, -0.2) is 32.2 Å². The highest BCUT2D eigenvalue weighted by atomic mass is 32.2. The van der Waals surface area contributed by atoms with Crippen molar-refractivity contribution >= 4 is 21.6 Å². The monoisotopic (exact) mass is 397 g/mol. The first-order valence-corrected chi connectivity index (χ1v) is 10.5. The largest absolute Gasteiger partial charge is 0.325 e. The summed E-state index contributed by atoms with van der Waals surface area (Å²) in [6, 6.07) is 14.7. The molecule has 6 nitrogen and oxygen atoms in total. The van der Waals surface area contributed by atoms with Crippen LogP contribution in [0.5, 0.6) is 0 Å². The Morgan fingerprint density at radius 3 is 2.39 bits per heavy atom. The van der Waals surface area contributed by atoms with Crippen LogP contribution >= 0.6 is 0 Å². The molecule has 28 heavy (non-hydrogen) atoms. The quantitative estimate of drug-likeness (QED) is 0.811. The topological polar surface area (TPSA) is 90.3 Å². The molecular formula is C21H23N3O3S. The van der Waals surface area contributed by atoms with Crippen molar-refractivity contribution in [2.75, 3.05) is 18.9 Å². The predicted octanol–water partition coefficient (Wildman–Crippen LogP) is 3.12. The fourth-order valence-electron chi connectivity index (χ4n) is 3.10. The predicted molar refractivity (Wildman–Crippen MR) is 107 cm³/mol. The molecule has 0 spiro atoms. The molecule has 0 bridgehead atoms. The number of amides is 1. The summed E-state index contributed by atoms with van der Waals surface area (Å²) in [4.78, 5) is 12.5. The van der Waals surface area contributed by atoms with Gasteiger partial charge in [0.2, 0.25) is 15.9 Å². The zero-order chi connectivity index (χ0) is 20.5. The average molecular weight is 398 g/mol. The third kappa shape index (κ3) is 3.93. The molecule has 146 valence electrons. The first kappa shape index (κ1) is 20.1. The number of aryl methyl sites for hydroxylation is 2. The van der Waals surface area contributed by atoms with E-state index in [-0.39, 0.29) is 16.9 Å². The van der Waals surface area contributed by atoms with Crippen LogP contribution in [0, 0.1) is 25.2 Å². The van der Waals surface area contributed by atoms with Gasteiger partial charge in [-0.2, -0.15) is 9.57 Å². The van der Waals surface area contributed by atoms with E-state index in [1.807, 2.05) is 25.1 Å². The lowest BCUT2D eigenvalue weighted by Crippen LogP contribution is -2.35. The minimum atomic E-state index is -3.76. The Hall–Kier alpha value is -2.69. The molecule has 7 heteroatoms. The fraction of sp³-hybridized carbons (Fsp3) is 0.333. The van der Waals surface area contributed by atoms with Gasteiger partial charge in [0.05, 0.1) is 22.9 Å². The van der Waals surface area contributed by atoms with Crippen molar-refractivity contribution in [1.82, 2.24) is 4.31 Å². The molecule has 0 unspecified atom stereocenters. The first-order chi connectivity index (χ1) is 13.2. The molecule has 0 atom stereocenters. The number of rotatable bonds is 6. The molecular weight excluding hydrogens is 374 g/mol. The minimum Gasteiger partial charge on any atom is -0.325 e. The van der Waals surface area contributed by atoms with Gasteiger partial charge in [-0.15, -0.1) is 0 Å². The Balaban J connectivity index is 1.67. The molecule has 1 N–H and O–H groups in total. The van der Waals surface area contributed by atoms with E-state index >= 15 is 0 Å². The summed E-state index contributed by atoms with van der Waals surface area (Å²) >= 11 is 0. The highest BCUT2D eigenvalue weighted by Crippen LogP contribution is 2.47. The van der Waals surface area contributed by atoms with Gasteiger partial charge in [0.15, 0.2) is 0 Å². The van der Waals surface area contributed by atoms with Gasteiger partial charge >= 0.3 is 0 Å². The molecule has 0 aliphatic heterocycles. The van der Waals surface area contributed by atoms with E-state index in [0.29, 0.717) is 11.3 Å². The molecule has 1 amide bonds. The van der Waals surface area contributed by atoms with E-state index < -0.39 is 15.9 Å². The van der Waals surface area contributed by atoms with Gasteiger partial charge in [-0.1, -0.05) is 24.3 Å². The van der Waals surface area contributed by atoms with Crippen molar-refractivity contribution in [1.29, 1.82) is 5.26 Å². The summed E-state index contributed by atoms with van der Waals surface area (Å²) in [5.74, 6) is -0.425. The van der Waals surface area contributed by atoms with Gasteiger partial charge in [-0.3, -0.25) is 4.79 Å². The lowest BCUT2D eigenvalue weighted by Gasteiger charge is -2.18. The Kier molecular flexibility index (Phi) is 5.28. The van der Waals surface area contributed by atoms with Crippen molar-refractivity contribution in [2.24, 2.45) is 0 Å². The number of nitrogens with one attached hydrogen (secondary N) is 1. The van der Waals surface area contributed by atoms with Crippen LogP contribution in [0.1, 0.15) is 29.5 Å². The van der Waals surface area contributed by atoms with Crippen molar-refractivity contribution in [3.8, 4) is 6.07 Å². The van der Waals surface area contributed by atoms with Crippen molar-refractivity contribution < 1.29 is 13.2 Å². The summed E-state index contributed by atoms with van der Waals surface area (Å²) in [6.45, 7) is 3.27. The fourth-order valence-corrected chi connectivity index (χ4v) is 4.54. The van der Waals surface area contributed by atoms with E-state index in [4.69, 9.17) is 0 Å². The number of hydrogen-bond donors (Lipinski definition) is 1. The number of nitriles is 1. The van der Waals surface area contributed by atoms with Crippen LogP contribution < -0.4 is 5.32 Å². The summed E-state index contributed by atoms with van der Waals surface area (Å²) in [5.41, 5.74) is 2.62. The Labute approximate surface area is 165 Å².